The molecule has 3 rings (SSSR count). The van der Waals surface area contributed by atoms with E-state index in [4.69, 9.17) is 11.6 Å². The van der Waals surface area contributed by atoms with Gasteiger partial charge in [0.25, 0.3) is 0 Å². The zero-order valence-corrected chi connectivity index (χ0v) is 13.8. The lowest BCUT2D eigenvalue weighted by Crippen LogP contribution is -2.54. The second-order valence-corrected chi connectivity index (χ2v) is 7.06. The maximum atomic E-state index is 6.38. The summed E-state index contributed by atoms with van der Waals surface area (Å²) in [6, 6.07) is 9.37. The highest BCUT2D eigenvalue weighted by Crippen LogP contribution is 2.31. The third-order valence-corrected chi connectivity index (χ3v) is 5.70. The summed E-state index contributed by atoms with van der Waals surface area (Å²) >= 11 is 6.38. The third-order valence-electron chi connectivity index (χ3n) is 5.36. The van der Waals surface area contributed by atoms with Crippen LogP contribution in [0.15, 0.2) is 24.3 Å². The van der Waals surface area contributed by atoms with Crippen molar-refractivity contribution in [2.45, 2.75) is 51.1 Å². The van der Waals surface area contributed by atoms with E-state index in [2.05, 4.69) is 29.3 Å². The Labute approximate surface area is 133 Å². The first kappa shape index (κ1) is 15.3. The molecular weight excluding hydrogens is 280 g/mol. The van der Waals surface area contributed by atoms with Gasteiger partial charge in [0.15, 0.2) is 0 Å². The van der Waals surface area contributed by atoms with Crippen LogP contribution in [0.3, 0.4) is 0 Å². The van der Waals surface area contributed by atoms with E-state index in [0.717, 1.165) is 30.6 Å². The average Bonchev–Trinajstić information content (AvgIpc) is 2.56. The molecule has 1 aliphatic heterocycles. The van der Waals surface area contributed by atoms with Gasteiger partial charge in [-0.15, -0.1) is 0 Å². The number of hydrogen-bond acceptors (Lipinski definition) is 2. The largest absolute Gasteiger partial charge is 0.311 e. The van der Waals surface area contributed by atoms with E-state index in [-0.39, 0.29) is 0 Å². The molecule has 1 aromatic rings. The number of hydrogen-bond donors (Lipinski definition) is 1. The van der Waals surface area contributed by atoms with Crippen molar-refractivity contribution in [2.75, 3.05) is 19.6 Å². The first-order valence-electron chi connectivity index (χ1n) is 8.47. The highest BCUT2D eigenvalue weighted by molar-refractivity contribution is 6.31. The summed E-state index contributed by atoms with van der Waals surface area (Å²) in [6.07, 6.45) is 7.09. The molecule has 2 atom stereocenters. The minimum atomic E-state index is 0.409. The Balaban J connectivity index is 1.66. The van der Waals surface area contributed by atoms with Crippen LogP contribution in [0.2, 0.25) is 5.02 Å². The van der Waals surface area contributed by atoms with Crippen molar-refractivity contribution >= 4 is 11.6 Å². The van der Waals surface area contributed by atoms with Crippen LogP contribution in [-0.2, 0) is 0 Å². The lowest BCUT2D eigenvalue weighted by molar-refractivity contribution is 0.115. The Bertz CT molecular complexity index is 456. The van der Waals surface area contributed by atoms with Crippen LogP contribution in [-0.4, -0.2) is 30.6 Å². The van der Waals surface area contributed by atoms with Gasteiger partial charge >= 0.3 is 0 Å². The minimum Gasteiger partial charge on any atom is -0.311 e. The summed E-state index contributed by atoms with van der Waals surface area (Å²) in [5, 5.41) is 4.67. The van der Waals surface area contributed by atoms with Gasteiger partial charge in [0, 0.05) is 36.7 Å². The van der Waals surface area contributed by atoms with Crippen molar-refractivity contribution in [3.05, 3.63) is 34.9 Å². The van der Waals surface area contributed by atoms with Crippen LogP contribution in [0.25, 0.3) is 0 Å². The molecule has 3 heteroatoms. The molecule has 21 heavy (non-hydrogen) atoms. The fourth-order valence-corrected chi connectivity index (χ4v) is 4.31. The quantitative estimate of drug-likeness (QED) is 0.898. The molecule has 2 fully saturated rings. The molecule has 1 saturated heterocycles. The first-order chi connectivity index (χ1) is 10.3. The van der Waals surface area contributed by atoms with Crippen molar-refractivity contribution in [1.82, 2.24) is 10.2 Å². The van der Waals surface area contributed by atoms with Crippen molar-refractivity contribution in [2.24, 2.45) is 5.92 Å². The number of benzene rings is 1. The predicted octanol–water partition coefficient (Wildman–Crippen LogP) is 4.26. The van der Waals surface area contributed by atoms with E-state index in [0.29, 0.717) is 12.1 Å². The molecule has 0 bridgehead atoms. The fraction of sp³-hybridized carbons (Fsp3) is 0.667. The van der Waals surface area contributed by atoms with Crippen molar-refractivity contribution < 1.29 is 0 Å². The Kier molecular flexibility index (Phi) is 5.20. The Morgan fingerprint density at radius 2 is 1.95 bits per heavy atom. The van der Waals surface area contributed by atoms with E-state index in [9.17, 15) is 0 Å². The van der Waals surface area contributed by atoms with Gasteiger partial charge in [0.2, 0.25) is 0 Å². The summed E-state index contributed by atoms with van der Waals surface area (Å²) in [7, 11) is 0. The summed E-state index contributed by atoms with van der Waals surface area (Å²) in [5.41, 5.74) is 1.27. The fourth-order valence-electron chi connectivity index (χ4n) is 4.02. The highest BCUT2D eigenvalue weighted by atomic mass is 35.5. The third kappa shape index (κ3) is 3.61. The molecule has 2 aliphatic rings. The van der Waals surface area contributed by atoms with Crippen molar-refractivity contribution in [3.63, 3.8) is 0 Å². The molecule has 1 saturated carbocycles. The number of piperazine rings is 1. The van der Waals surface area contributed by atoms with Gasteiger partial charge in [-0.25, -0.2) is 0 Å². The number of halogens is 1. The van der Waals surface area contributed by atoms with Gasteiger partial charge in [0.1, 0.15) is 0 Å². The van der Waals surface area contributed by atoms with Crippen molar-refractivity contribution in [3.8, 4) is 0 Å². The maximum Gasteiger partial charge on any atom is 0.0453 e. The number of nitrogens with zero attached hydrogens (tertiary/aromatic N) is 1. The summed E-state index contributed by atoms with van der Waals surface area (Å²) in [5.74, 6) is 0.875. The van der Waals surface area contributed by atoms with E-state index in [1.165, 1.54) is 37.7 Å². The molecular formula is C18H27ClN2. The smallest absolute Gasteiger partial charge is 0.0453 e. The molecule has 1 N–H and O–H groups in total. The molecule has 1 aliphatic carbocycles. The second-order valence-electron chi connectivity index (χ2n) is 6.65. The van der Waals surface area contributed by atoms with Crippen LogP contribution in [0, 0.1) is 5.92 Å². The average molecular weight is 307 g/mol. The van der Waals surface area contributed by atoms with Crippen LogP contribution < -0.4 is 5.32 Å². The van der Waals surface area contributed by atoms with E-state index in [1.807, 2.05) is 12.1 Å². The number of nitrogens with one attached hydrogen (secondary N) is 1. The van der Waals surface area contributed by atoms with Gasteiger partial charge in [-0.1, -0.05) is 49.1 Å². The molecule has 2 unspecified atom stereocenters. The Morgan fingerprint density at radius 1 is 1.19 bits per heavy atom. The van der Waals surface area contributed by atoms with Gasteiger partial charge in [-0.3, -0.25) is 4.90 Å². The second kappa shape index (κ2) is 7.13. The van der Waals surface area contributed by atoms with Gasteiger partial charge in [0.05, 0.1) is 0 Å². The Hall–Kier alpha value is -0.570. The molecule has 0 amide bonds. The molecule has 0 aromatic heterocycles. The van der Waals surface area contributed by atoms with E-state index < -0.39 is 0 Å². The molecule has 2 nitrogen and oxygen atoms in total. The lowest BCUT2D eigenvalue weighted by atomic mass is 9.83. The van der Waals surface area contributed by atoms with Crippen LogP contribution >= 0.6 is 11.6 Å². The molecule has 0 radical (unpaired) electrons. The Morgan fingerprint density at radius 3 is 2.71 bits per heavy atom. The highest BCUT2D eigenvalue weighted by Gasteiger charge is 2.30. The lowest BCUT2D eigenvalue weighted by Gasteiger charge is -2.42. The molecule has 1 heterocycles. The topological polar surface area (TPSA) is 15.3 Å². The minimum absolute atomic E-state index is 0.409. The summed E-state index contributed by atoms with van der Waals surface area (Å²) < 4.78 is 0. The molecule has 1 aromatic carbocycles. The van der Waals surface area contributed by atoms with E-state index in [1.54, 1.807) is 0 Å². The maximum absolute atomic E-state index is 6.38. The van der Waals surface area contributed by atoms with Gasteiger partial charge < -0.3 is 5.32 Å². The van der Waals surface area contributed by atoms with Gasteiger partial charge in [-0.2, -0.15) is 0 Å². The SMILES string of the molecule is CC(c1ccccc1Cl)N1CCNC(C2CCCCC2)C1. The molecule has 116 valence electrons. The standard InChI is InChI=1S/C18H27ClN2/c1-14(16-9-5-6-10-17(16)19)21-12-11-20-18(13-21)15-7-3-2-4-8-15/h5-6,9-10,14-15,18,20H,2-4,7-8,11-13H2,1H3. The number of rotatable bonds is 3. The predicted molar refractivity (Wildman–Crippen MR) is 89.8 cm³/mol. The first-order valence-corrected chi connectivity index (χ1v) is 8.85. The van der Waals surface area contributed by atoms with Crippen molar-refractivity contribution in [1.29, 1.82) is 0 Å². The summed E-state index contributed by atoms with van der Waals surface area (Å²) in [4.78, 5) is 2.61. The summed E-state index contributed by atoms with van der Waals surface area (Å²) in [6.45, 7) is 5.69. The van der Waals surface area contributed by atoms with Gasteiger partial charge in [-0.05, 0) is 37.3 Å². The van der Waals surface area contributed by atoms with Crippen LogP contribution in [0.5, 0.6) is 0 Å². The van der Waals surface area contributed by atoms with Crippen LogP contribution in [0.4, 0.5) is 0 Å². The zero-order chi connectivity index (χ0) is 14.7. The molecule has 0 spiro atoms. The van der Waals surface area contributed by atoms with E-state index >= 15 is 0 Å². The normalized spacial score (nSPS) is 26.7. The zero-order valence-electron chi connectivity index (χ0n) is 13.0. The van der Waals surface area contributed by atoms with Crippen LogP contribution in [0.1, 0.15) is 50.6 Å². The monoisotopic (exact) mass is 306 g/mol.